The number of rotatable bonds is 9. The van der Waals surface area contributed by atoms with Gasteiger partial charge in [-0.25, -0.2) is 8.42 Å². The highest BCUT2D eigenvalue weighted by atomic mass is 32.2. The molecule has 0 radical (unpaired) electrons. The monoisotopic (exact) mass is 529 g/mol. The molecular formula is C26H31N3O5S2. The number of unbranched alkanes of at least 4 members (excludes halogenated alkanes) is 1. The van der Waals surface area contributed by atoms with Gasteiger partial charge in [-0.15, -0.1) is 0 Å². The molecule has 0 N–H and O–H groups in total. The molecule has 0 aliphatic carbocycles. The summed E-state index contributed by atoms with van der Waals surface area (Å²) >= 11 is 1.34. The Morgan fingerprint density at radius 2 is 1.78 bits per heavy atom. The van der Waals surface area contributed by atoms with Crippen LogP contribution in [0.15, 0.2) is 52.4 Å². The molecular weight excluding hydrogens is 498 g/mol. The zero-order chi connectivity index (χ0) is 25.7. The van der Waals surface area contributed by atoms with Crippen molar-refractivity contribution in [2.45, 2.75) is 57.4 Å². The van der Waals surface area contributed by atoms with Crippen LogP contribution in [0.4, 0.5) is 0 Å². The zero-order valence-electron chi connectivity index (χ0n) is 20.6. The van der Waals surface area contributed by atoms with Crippen LogP contribution in [0.3, 0.4) is 0 Å². The molecule has 192 valence electrons. The Kier molecular flexibility index (Phi) is 8.38. The summed E-state index contributed by atoms with van der Waals surface area (Å²) in [6, 6.07) is 12.0. The van der Waals surface area contributed by atoms with E-state index < -0.39 is 21.9 Å². The van der Waals surface area contributed by atoms with Gasteiger partial charge in [-0.1, -0.05) is 30.7 Å². The molecule has 36 heavy (non-hydrogen) atoms. The summed E-state index contributed by atoms with van der Waals surface area (Å²) < 4.78 is 34.8. The highest BCUT2D eigenvalue weighted by Gasteiger charge is 2.27. The Bertz CT molecular complexity index is 1420. The van der Waals surface area contributed by atoms with Gasteiger partial charge < -0.3 is 9.30 Å². The van der Waals surface area contributed by atoms with Crippen LogP contribution in [-0.4, -0.2) is 48.9 Å². The van der Waals surface area contributed by atoms with Crippen LogP contribution in [0.2, 0.25) is 0 Å². The van der Waals surface area contributed by atoms with Gasteiger partial charge in [0, 0.05) is 18.7 Å². The first kappa shape index (κ1) is 26.2. The molecule has 1 aliphatic rings. The van der Waals surface area contributed by atoms with Gasteiger partial charge in [0.1, 0.15) is 6.54 Å². The number of hydrogen-bond acceptors (Lipinski definition) is 6. The summed E-state index contributed by atoms with van der Waals surface area (Å²) in [5, 5.41) is 0. The minimum Gasteiger partial charge on any atom is -0.465 e. The quantitative estimate of drug-likeness (QED) is 0.388. The third-order valence-corrected chi connectivity index (χ3v) is 9.11. The summed E-state index contributed by atoms with van der Waals surface area (Å²) in [7, 11) is -3.56. The van der Waals surface area contributed by atoms with Crippen LogP contribution < -0.4 is 4.80 Å². The molecule has 10 heteroatoms. The molecule has 1 aliphatic heterocycles. The van der Waals surface area contributed by atoms with Crippen LogP contribution in [0, 0.1) is 0 Å². The van der Waals surface area contributed by atoms with E-state index in [0.29, 0.717) is 17.9 Å². The van der Waals surface area contributed by atoms with E-state index in [2.05, 4.69) is 18.0 Å². The number of aryl methyl sites for hydroxylation is 1. The van der Waals surface area contributed by atoms with Crippen LogP contribution in [-0.2, 0) is 32.5 Å². The SMILES string of the molecule is CCCCc1ccc2c(c1)sc(=NC(=O)c1ccc(S(=O)(=O)N3CCCC3)cc1)n2CC(=O)OCC. The summed E-state index contributed by atoms with van der Waals surface area (Å²) in [5.74, 6) is -0.909. The molecule has 4 rings (SSSR count). The van der Waals surface area contributed by atoms with Crippen molar-refractivity contribution in [1.29, 1.82) is 0 Å². The number of sulfonamides is 1. The van der Waals surface area contributed by atoms with Crippen LogP contribution >= 0.6 is 11.3 Å². The van der Waals surface area contributed by atoms with E-state index in [-0.39, 0.29) is 23.6 Å². The Hall–Kier alpha value is -2.82. The molecule has 1 aromatic heterocycles. The van der Waals surface area contributed by atoms with Crippen molar-refractivity contribution >= 4 is 43.5 Å². The van der Waals surface area contributed by atoms with Crippen molar-refractivity contribution in [3.05, 3.63) is 58.4 Å². The number of benzene rings is 2. The van der Waals surface area contributed by atoms with Gasteiger partial charge >= 0.3 is 5.97 Å². The molecule has 0 saturated carbocycles. The second-order valence-corrected chi connectivity index (χ2v) is 11.7. The lowest BCUT2D eigenvalue weighted by Gasteiger charge is -2.15. The Labute approximate surface area is 215 Å². The van der Waals surface area contributed by atoms with Crippen LogP contribution in [0.25, 0.3) is 10.2 Å². The fraction of sp³-hybridized carbons (Fsp3) is 0.423. The molecule has 1 amide bonds. The fourth-order valence-electron chi connectivity index (χ4n) is 4.23. The van der Waals surface area contributed by atoms with Gasteiger partial charge in [0.05, 0.1) is 21.7 Å². The molecule has 1 fully saturated rings. The number of thiazole rings is 1. The Morgan fingerprint density at radius 1 is 1.06 bits per heavy atom. The maximum absolute atomic E-state index is 13.0. The van der Waals surface area contributed by atoms with Crippen LogP contribution in [0.1, 0.15) is 55.5 Å². The minimum absolute atomic E-state index is 0.0543. The number of amides is 1. The first-order valence-corrected chi connectivity index (χ1v) is 14.6. The van der Waals surface area contributed by atoms with Crippen molar-refractivity contribution in [3.8, 4) is 0 Å². The predicted molar refractivity (Wildman–Crippen MR) is 139 cm³/mol. The third-order valence-electron chi connectivity index (χ3n) is 6.16. The Morgan fingerprint density at radius 3 is 2.44 bits per heavy atom. The average Bonchev–Trinajstić information content (AvgIpc) is 3.52. The lowest BCUT2D eigenvalue weighted by atomic mass is 10.1. The predicted octanol–water partition coefficient (Wildman–Crippen LogP) is 4.13. The molecule has 0 atom stereocenters. The Balaban J connectivity index is 1.67. The highest BCUT2D eigenvalue weighted by Crippen LogP contribution is 2.23. The van der Waals surface area contributed by atoms with Crippen LogP contribution in [0.5, 0.6) is 0 Å². The summed E-state index contributed by atoms with van der Waals surface area (Å²) in [6.45, 7) is 5.14. The van der Waals surface area contributed by atoms with E-state index in [9.17, 15) is 18.0 Å². The molecule has 3 aromatic rings. The summed E-state index contributed by atoms with van der Waals surface area (Å²) in [4.78, 5) is 30.2. The third kappa shape index (κ3) is 5.77. The maximum Gasteiger partial charge on any atom is 0.326 e. The van der Waals surface area contributed by atoms with E-state index in [0.717, 1.165) is 42.3 Å². The van der Waals surface area contributed by atoms with Crippen molar-refractivity contribution in [1.82, 2.24) is 8.87 Å². The number of hydrogen-bond donors (Lipinski definition) is 0. The van der Waals surface area contributed by atoms with E-state index in [4.69, 9.17) is 4.74 Å². The molecule has 1 saturated heterocycles. The number of nitrogens with zero attached hydrogens (tertiary/aromatic N) is 3. The maximum atomic E-state index is 13.0. The minimum atomic E-state index is -3.56. The topological polar surface area (TPSA) is 98.0 Å². The smallest absolute Gasteiger partial charge is 0.326 e. The molecule has 0 spiro atoms. The fourth-order valence-corrected chi connectivity index (χ4v) is 6.83. The van der Waals surface area contributed by atoms with E-state index in [1.807, 2.05) is 12.1 Å². The normalized spacial score (nSPS) is 15.0. The molecule has 0 unspecified atom stereocenters. The lowest BCUT2D eigenvalue weighted by molar-refractivity contribution is -0.143. The van der Waals surface area contributed by atoms with Gasteiger partial charge in [-0.3, -0.25) is 9.59 Å². The molecule has 0 bridgehead atoms. The van der Waals surface area contributed by atoms with Crippen molar-refractivity contribution in [2.75, 3.05) is 19.7 Å². The van der Waals surface area contributed by atoms with Gasteiger partial charge in [-0.05, 0) is 74.6 Å². The molecule has 2 aromatic carbocycles. The number of ether oxygens (including phenoxy) is 1. The number of aromatic nitrogens is 1. The van der Waals surface area contributed by atoms with Crippen molar-refractivity contribution in [2.24, 2.45) is 4.99 Å². The number of carbonyl (C=O) groups excluding carboxylic acids is 2. The van der Waals surface area contributed by atoms with Gasteiger partial charge in [0.2, 0.25) is 10.0 Å². The van der Waals surface area contributed by atoms with Gasteiger partial charge in [0.15, 0.2) is 4.80 Å². The summed E-state index contributed by atoms with van der Waals surface area (Å²) in [5.41, 5.74) is 2.28. The number of esters is 1. The van der Waals surface area contributed by atoms with E-state index in [1.54, 1.807) is 11.5 Å². The standard InChI is InChI=1S/C26H31N3O5S2/c1-3-5-8-19-9-14-22-23(17-19)35-26(29(22)18-24(30)34-4-2)27-25(31)20-10-12-21(13-11-20)36(32,33)28-15-6-7-16-28/h9-14,17H,3-8,15-16,18H2,1-2H3. The largest absolute Gasteiger partial charge is 0.465 e. The number of fused-ring (bicyclic) bond motifs is 1. The lowest BCUT2D eigenvalue weighted by Crippen LogP contribution is -2.27. The van der Waals surface area contributed by atoms with E-state index >= 15 is 0 Å². The number of carbonyl (C=O) groups is 2. The second kappa shape index (κ2) is 11.5. The van der Waals surface area contributed by atoms with Crippen molar-refractivity contribution in [3.63, 3.8) is 0 Å². The molecule has 2 heterocycles. The van der Waals surface area contributed by atoms with Crippen molar-refractivity contribution < 1.29 is 22.7 Å². The average molecular weight is 530 g/mol. The van der Waals surface area contributed by atoms with Gasteiger partial charge in [0.25, 0.3) is 5.91 Å². The first-order valence-electron chi connectivity index (χ1n) is 12.3. The molecule has 8 nitrogen and oxygen atoms in total. The summed E-state index contributed by atoms with van der Waals surface area (Å²) in [6.07, 6.45) is 4.85. The van der Waals surface area contributed by atoms with E-state index in [1.165, 1.54) is 45.5 Å². The first-order chi connectivity index (χ1) is 17.3. The van der Waals surface area contributed by atoms with Gasteiger partial charge in [-0.2, -0.15) is 9.30 Å². The second-order valence-electron chi connectivity index (χ2n) is 8.73. The highest BCUT2D eigenvalue weighted by molar-refractivity contribution is 7.89. The zero-order valence-corrected chi connectivity index (χ0v) is 22.2.